The fraction of sp³-hybridized carbons (Fsp3) is 0.560. The summed E-state index contributed by atoms with van der Waals surface area (Å²) in [6.45, 7) is 7.27. The number of likely N-dealkylation sites (tertiary alicyclic amines) is 2. The van der Waals surface area contributed by atoms with Gasteiger partial charge in [0, 0.05) is 37.6 Å². The zero-order chi connectivity index (χ0) is 24.3. The van der Waals surface area contributed by atoms with Crippen molar-refractivity contribution >= 4 is 40.2 Å². The van der Waals surface area contributed by atoms with Gasteiger partial charge < -0.3 is 29.0 Å². The van der Waals surface area contributed by atoms with E-state index >= 15 is 0 Å². The van der Waals surface area contributed by atoms with Crippen molar-refractivity contribution in [1.29, 1.82) is 0 Å². The lowest BCUT2D eigenvalue weighted by atomic mass is 9.78. The predicted octanol–water partition coefficient (Wildman–Crippen LogP) is 3.59. The molecule has 0 aliphatic carbocycles. The minimum absolute atomic E-state index is 0.0760. The van der Waals surface area contributed by atoms with E-state index in [0.29, 0.717) is 41.9 Å². The number of benzene rings is 1. The normalized spacial score (nSPS) is 18.2. The van der Waals surface area contributed by atoms with Gasteiger partial charge in [0.25, 0.3) is 5.91 Å². The summed E-state index contributed by atoms with van der Waals surface area (Å²) in [4.78, 5) is 28.9. The molecule has 2 aliphatic rings. The van der Waals surface area contributed by atoms with Crippen LogP contribution < -0.4 is 10.1 Å². The van der Waals surface area contributed by atoms with Crippen molar-refractivity contribution < 1.29 is 23.5 Å². The first-order valence-corrected chi connectivity index (χ1v) is 12.3. The molecule has 9 heteroatoms. The third kappa shape index (κ3) is 5.14. The summed E-state index contributed by atoms with van der Waals surface area (Å²) in [6, 6.07) is 7.35. The summed E-state index contributed by atoms with van der Waals surface area (Å²) >= 11 is 5.62. The number of rotatable bonds is 6. The number of nitrogens with zero attached hydrogens (tertiary/aromatic N) is 2. The van der Waals surface area contributed by atoms with Gasteiger partial charge in [-0.1, -0.05) is 12.1 Å². The smallest absolute Gasteiger partial charge is 0.307 e. The number of fused-ring (bicyclic) bond motifs is 1. The lowest BCUT2D eigenvalue weighted by Gasteiger charge is -2.39. The molecule has 2 aromatic rings. The van der Waals surface area contributed by atoms with E-state index in [1.54, 1.807) is 20.1 Å². The molecule has 0 saturated carbocycles. The van der Waals surface area contributed by atoms with Crippen LogP contribution in [0.4, 0.5) is 0 Å². The van der Waals surface area contributed by atoms with Crippen LogP contribution in [0.2, 0.25) is 0 Å². The number of furan rings is 1. The molecular formula is C25H33N3O5S. The molecule has 1 N–H and O–H groups in total. The summed E-state index contributed by atoms with van der Waals surface area (Å²) in [7, 11) is 1.59. The quantitative estimate of drug-likeness (QED) is 0.489. The number of piperidine rings is 1. The van der Waals surface area contributed by atoms with Gasteiger partial charge in [-0.3, -0.25) is 9.59 Å². The highest BCUT2D eigenvalue weighted by Crippen LogP contribution is 2.41. The minimum Gasteiger partial charge on any atom is -0.493 e. The SMILES string of the molecule is CCOC(=O)CC(C)NC(=S)N1CCC2(CCN(C(=O)c3cc4cccc(OC)c4o3)CC2)C1. The topological polar surface area (TPSA) is 84.2 Å². The standard InChI is InChI=1S/C25H33N3O5S/c1-4-32-21(29)14-17(2)26-24(34)28-13-10-25(16-28)8-11-27(12-9-25)23(30)20-15-18-6-5-7-19(31-3)22(18)33-20/h5-7,15,17H,4,8-14,16H2,1-3H3,(H,26,34). The van der Waals surface area contributed by atoms with Crippen LogP contribution >= 0.6 is 12.2 Å². The zero-order valence-electron chi connectivity index (χ0n) is 20.1. The number of hydrogen-bond donors (Lipinski definition) is 1. The molecular weight excluding hydrogens is 454 g/mol. The number of carbonyl (C=O) groups excluding carboxylic acids is 2. The van der Waals surface area contributed by atoms with Crippen LogP contribution in [0.1, 0.15) is 50.1 Å². The van der Waals surface area contributed by atoms with Gasteiger partial charge in [0.15, 0.2) is 22.2 Å². The first-order chi connectivity index (χ1) is 16.3. The summed E-state index contributed by atoms with van der Waals surface area (Å²) < 4.78 is 16.2. The molecule has 4 rings (SSSR count). The first kappa shape index (κ1) is 24.3. The number of amides is 1. The predicted molar refractivity (Wildman–Crippen MR) is 133 cm³/mol. The molecule has 8 nitrogen and oxygen atoms in total. The molecule has 1 atom stereocenters. The molecule has 184 valence electrons. The van der Waals surface area contributed by atoms with E-state index in [4.69, 9.17) is 26.1 Å². The van der Waals surface area contributed by atoms with Crippen molar-refractivity contribution in [2.45, 2.75) is 45.6 Å². The van der Waals surface area contributed by atoms with E-state index < -0.39 is 0 Å². The fourth-order valence-corrected chi connectivity index (χ4v) is 5.34. The van der Waals surface area contributed by atoms with Gasteiger partial charge in [-0.15, -0.1) is 0 Å². The summed E-state index contributed by atoms with van der Waals surface area (Å²) in [5.41, 5.74) is 0.760. The average Bonchev–Trinajstić information content (AvgIpc) is 3.44. The number of hydrogen-bond acceptors (Lipinski definition) is 6. The van der Waals surface area contributed by atoms with Gasteiger partial charge in [0.2, 0.25) is 0 Å². The van der Waals surface area contributed by atoms with Gasteiger partial charge in [-0.05, 0) is 62.9 Å². The van der Waals surface area contributed by atoms with Crippen molar-refractivity contribution in [3.05, 3.63) is 30.0 Å². The van der Waals surface area contributed by atoms with Gasteiger partial charge in [0.1, 0.15) is 0 Å². The third-order valence-electron chi connectivity index (χ3n) is 6.92. The Morgan fingerprint density at radius 1 is 1.21 bits per heavy atom. The van der Waals surface area contributed by atoms with Gasteiger partial charge >= 0.3 is 5.97 Å². The minimum atomic E-state index is -0.219. The number of ether oxygens (including phenoxy) is 2. The Kier molecular flexibility index (Phi) is 7.30. The third-order valence-corrected chi connectivity index (χ3v) is 7.30. The largest absolute Gasteiger partial charge is 0.493 e. The Bertz CT molecular complexity index is 1060. The number of para-hydroxylation sites is 1. The highest BCUT2D eigenvalue weighted by molar-refractivity contribution is 7.80. The second-order valence-electron chi connectivity index (χ2n) is 9.31. The van der Waals surface area contributed by atoms with Gasteiger partial charge in [0.05, 0.1) is 20.1 Å². The average molecular weight is 488 g/mol. The van der Waals surface area contributed by atoms with E-state index in [-0.39, 0.29) is 29.8 Å². The van der Waals surface area contributed by atoms with Crippen molar-refractivity contribution in [2.24, 2.45) is 5.41 Å². The molecule has 3 heterocycles. The van der Waals surface area contributed by atoms with Crippen LogP contribution in [0.5, 0.6) is 5.75 Å². The highest BCUT2D eigenvalue weighted by Gasteiger charge is 2.42. The lowest BCUT2D eigenvalue weighted by Crippen LogP contribution is -2.47. The summed E-state index contributed by atoms with van der Waals surface area (Å²) in [5.74, 6) is 0.682. The van der Waals surface area contributed by atoms with Gasteiger partial charge in [-0.2, -0.15) is 0 Å². The van der Waals surface area contributed by atoms with Crippen LogP contribution in [0.3, 0.4) is 0 Å². The second kappa shape index (κ2) is 10.2. The van der Waals surface area contributed by atoms with Crippen molar-refractivity contribution in [1.82, 2.24) is 15.1 Å². The maximum atomic E-state index is 13.1. The van der Waals surface area contributed by atoms with Crippen LogP contribution in [0.25, 0.3) is 11.0 Å². The molecule has 0 radical (unpaired) electrons. The number of thiocarbonyl (C=S) groups is 1. The lowest BCUT2D eigenvalue weighted by molar-refractivity contribution is -0.143. The molecule has 1 unspecified atom stereocenters. The van der Waals surface area contributed by atoms with Crippen molar-refractivity contribution in [3.8, 4) is 5.75 Å². The Labute approximate surface area is 205 Å². The molecule has 2 aliphatic heterocycles. The molecule has 1 aromatic heterocycles. The molecule has 2 fully saturated rings. The molecule has 1 spiro atoms. The maximum absolute atomic E-state index is 13.1. The number of esters is 1. The molecule has 34 heavy (non-hydrogen) atoms. The molecule has 1 aromatic carbocycles. The second-order valence-corrected chi connectivity index (χ2v) is 9.70. The monoisotopic (exact) mass is 487 g/mol. The highest BCUT2D eigenvalue weighted by atomic mass is 32.1. The van der Waals surface area contributed by atoms with Crippen molar-refractivity contribution in [3.63, 3.8) is 0 Å². The maximum Gasteiger partial charge on any atom is 0.307 e. The summed E-state index contributed by atoms with van der Waals surface area (Å²) in [5, 5.41) is 4.82. The molecule has 1 amide bonds. The Morgan fingerprint density at radius 3 is 2.59 bits per heavy atom. The Hall–Kier alpha value is -2.81. The zero-order valence-corrected chi connectivity index (χ0v) is 20.9. The van der Waals surface area contributed by atoms with E-state index in [2.05, 4.69) is 10.2 Å². The number of nitrogens with one attached hydrogen (secondary N) is 1. The fourth-order valence-electron chi connectivity index (χ4n) is 4.98. The number of carbonyl (C=O) groups is 2. The van der Waals surface area contributed by atoms with Crippen molar-refractivity contribution in [2.75, 3.05) is 39.9 Å². The van der Waals surface area contributed by atoms with E-state index in [1.807, 2.05) is 30.0 Å². The van der Waals surface area contributed by atoms with E-state index in [0.717, 1.165) is 37.7 Å². The van der Waals surface area contributed by atoms with E-state index in [1.165, 1.54) is 0 Å². The first-order valence-electron chi connectivity index (χ1n) is 11.9. The van der Waals surface area contributed by atoms with E-state index in [9.17, 15) is 9.59 Å². The Morgan fingerprint density at radius 2 is 1.91 bits per heavy atom. The van der Waals surface area contributed by atoms with Crippen LogP contribution in [-0.2, 0) is 9.53 Å². The van der Waals surface area contributed by atoms with Crippen LogP contribution in [-0.4, -0.2) is 72.7 Å². The summed E-state index contributed by atoms with van der Waals surface area (Å²) in [6.07, 6.45) is 3.20. The van der Waals surface area contributed by atoms with Gasteiger partial charge in [-0.25, -0.2) is 0 Å². The number of methoxy groups -OCH3 is 1. The Balaban J connectivity index is 1.31. The molecule has 2 saturated heterocycles. The van der Waals surface area contributed by atoms with Crippen LogP contribution in [0, 0.1) is 5.41 Å². The molecule has 0 bridgehead atoms. The van der Waals surface area contributed by atoms with Crippen LogP contribution in [0.15, 0.2) is 28.7 Å².